The van der Waals surface area contributed by atoms with Crippen molar-refractivity contribution in [2.24, 2.45) is 5.73 Å². The maximum Gasteiger partial charge on any atom is 0.129 e. The molecule has 0 saturated carbocycles. The van der Waals surface area contributed by atoms with E-state index in [0.29, 0.717) is 4.99 Å². The molecule has 0 radical (unpaired) electrons. The number of piperidine rings is 1. The molecule has 0 atom stereocenters. The summed E-state index contributed by atoms with van der Waals surface area (Å²) < 4.78 is 5.33. The van der Waals surface area contributed by atoms with Crippen molar-refractivity contribution in [1.82, 2.24) is 4.90 Å². The van der Waals surface area contributed by atoms with Crippen molar-refractivity contribution in [3.05, 3.63) is 29.3 Å². The van der Waals surface area contributed by atoms with Crippen LogP contribution in [0.15, 0.2) is 18.2 Å². The second-order valence-electron chi connectivity index (χ2n) is 4.91. The van der Waals surface area contributed by atoms with Gasteiger partial charge >= 0.3 is 0 Å². The van der Waals surface area contributed by atoms with Crippen molar-refractivity contribution in [1.29, 1.82) is 0 Å². The highest BCUT2D eigenvalue weighted by Crippen LogP contribution is 2.22. The van der Waals surface area contributed by atoms with E-state index in [1.165, 1.54) is 5.56 Å². The topological polar surface area (TPSA) is 58.7 Å². The summed E-state index contributed by atoms with van der Waals surface area (Å²) in [4.78, 5) is 2.69. The van der Waals surface area contributed by atoms with E-state index in [9.17, 15) is 5.11 Å². The quantitative estimate of drug-likeness (QED) is 0.814. The first kappa shape index (κ1) is 14.2. The van der Waals surface area contributed by atoms with E-state index in [1.54, 1.807) is 7.11 Å². The number of hydrogen-bond donors (Lipinski definition) is 2. The molecule has 1 saturated heterocycles. The SMILES string of the molecule is COc1cc(CN2CCC(O)CC2)ccc1C(N)=S. The van der Waals surface area contributed by atoms with Crippen LogP contribution in [0.3, 0.4) is 0 Å². The van der Waals surface area contributed by atoms with Crippen LogP contribution < -0.4 is 10.5 Å². The van der Waals surface area contributed by atoms with E-state index in [4.69, 9.17) is 22.7 Å². The normalized spacial score (nSPS) is 17.4. The number of likely N-dealkylation sites (tertiary alicyclic amines) is 1. The van der Waals surface area contributed by atoms with E-state index < -0.39 is 0 Å². The van der Waals surface area contributed by atoms with Crippen LogP contribution in [-0.4, -0.2) is 41.3 Å². The average molecular weight is 280 g/mol. The number of nitrogens with zero attached hydrogens (tertiary/aromatic N) is 1. The van der Waals surface area contributed by atoms with E-state index in [-0.39, 0.29) is 6.10 Å². The van der Waals surface area contributed by atoms with Gasteiger partial charge in [-0.05, 0) is 30.5 Å². The minimum Gasteiger partial charge on any atom is -0.496 e. The lowest BCUT2D eigenvalue weighted by Gasteiger charge is -2.29. The summed E-state index contributed by atoms with van der Waals surface area (Å²) in [6.07, 6.45) is 1.56. The number of methoxy groups -OCH3 is 1. The largest absolute Gasteiger partial charge is 0.496 e. The molecule has 1 aromatic rings. The predicted octanol–water partition coefficient (Wildman–Crippen LogP) is 1.29. The molecule has 1 fully saturated rings. The van der Waals surface area contributed by atoms with E-state index >= 15 is 0 Å². The Balaban J connectivity index is 2.07. The van der Waals surface area contributed by atoms with Crippen molar-refractivity contribution < 1.29 is 9.84 Å². The molecule has 0 bridgehead atoms. The molecule has 1 aliphatic heterocycles. The van der Waals surface area contributed by atoms with Gasteiger partial charge in [-0.3, -0.25) is 4.90 Å². The van der Waals surface area contributed by atoms with Gasteiger partial charge in [0.2, 0.25) is 0 Å². The van der Waals surface area contributed by atoms with Gasteiger partial charge in [-0.1, -0.05) is 18.3 Å². The molecule has 1 aromatic carbocycles. The first-order chi connectivity index (χ1) is 9.10. The minimum atomic E-state index is -0.136. The fraction of sp³-hybridized carbons (Fsp3) is 0.500. The van der Waals surface area contributed by atoms with Gasteiger partial charge in [-0.2, -0.15) is 0 Å². The van der Waals surface area contributed by atoms with Gasteiger partial charge in [0.25, 0.3) is 0 Å². The van der Waals surface area contributed by atoms with Crippen LogP contribution in [0.2, 0.25) is 0 Å². The molecule has 0 spiro atoms. The Morgan fingerprint density at radius 2 is 2.16 bits per heavy atom. The summed E-state index contributed by atoms with van der Waals surface area (Å²) >= 11 is 4.99. The van der Waals surface area contributed by atoms with Crippen molar-refractivity contribution >= 4 is 17.2 Å². The highest BCUT2D eigenvalue weighted by Gasteiger charge is 2.17. The Kier molecular flexibility index (Phi) is 4.74. The van der Waals surface area contributed by atoms with Crippen LogP contribution in [0.5, 0.6) is 5.75 Å². The van der Waals surface area contributed by atoms with Gasteiger partial charge in [0, 0.05) is 19.6 Å². The first-order valence-corrected chi connectivity index (χ1v) is 6.88. The minimum absolute atomic E-state index is 0.136. The number of hydrogen-bond acceptors (Lipinski definition) is 4. The molecule has 1 aliphatic rings. The zero-order chi connectivity index (χ0) is 13.8. The molecule has 104 valence electrons. The maximum atomic E-state index is 9.50. The Hall–Kier alpha value is -1.17. The molecule has 0 amide bonds. The Bertz CT molecular complexity index is 457. The van der Waals surface area contributed by atoms with Gasteiger partial charge in [-0.15, -0.1) is 0 Å². The number of thiocarbonyl (C=S) groups is 1. The Morgan fingerprint density at radius 3 is 2.74 bits per heavy atom. The number of aliphatic hydroxyl groups excluding tert-OH is 1. The van der Waals surface area contributed by atoms with Crippen molar-refractivity contribution in [2.75, 3.05) is 20.2 Å². The Labute approximate surface area is 119 Å². The van der Waals surface area contributed by atoms with Crippen molar-refractivity contribution in [3.63, 3.8) is 0 Å². The fourth-order valence-corrected chi connectivity index (χ4v) is 2.54. The standard InChI is InChI=1S/C14H20N2O2S/c1-18-13-8-10(2-3-12(13)14(15)19)9-16-6-4-11(17)5-7-16/h2-3,8,11,17H,4-7,9H2,1H3,(H2,15,19). The monoisotopic (exact) mass is 280 g/mol. The molecular weight excluding hydrogens is 260 g/mol. The van der Waals surface area contributed by atoms with Crippen LogP contribution in [0, 0.1) is 0 Å². The highest BCUT2D eigenvalue weighted by atomic mass is 32.1. The van der Waals surface area contributed by atoms with Crippen LogP contribution in [-0.2, 0) is 6.54 Å². The number of ether oxygens (including phenoxy) is 1. The van der Waals surface area contributed by atoms with E-state index in [2.05, 4.69) is 4.90 Å². The van der Waals surface area contributed by atoms with Crippen molar-refractivity contribution in [2.45, 2.75) is 25.5 Å². The number of benzene rings is 1. The molecule has 5 heteroatoms. The zero-order valence-electron chi connectivity index (χ0n) is 11.1. The summed E-state index contributed by atoms with van der Waals surface area (Å²) in [7, 11) is 1.62. The second-order valence-corrected chi connectivity index (χ2v) is 5.35. The van der Waals surface area contributed by atoms with Gasteiger partial charge in [0.05, 0.1) is 18.8 Å². The third-order valence-corrected chi connectivity index (χ3v) is 3.71. The third-order valence-electron chi connectivity index (χ3n) is 3.49. The average Bonchev–Trinajstić information content (AvgIpc) is 2.41. The molecule has 2 rings (SSSR count). The van der Waals surface area contributed by atoms with Crippen LogP contribution in [0.4, 0.5) is 0 Å². The maximum absolute atomic E-state index is 9.50. The van der Waals surface area contributed by atoms with E-state index in [0.717, 1.165) is 43.8 Å². The number of rotatable bonds is 4. The predicted molar refractivity (Wildman–Crippen MR) is 79.4 cm³/mol. The van der Waals surface area contributed by atoms with Crippen LogP contribution in [0.1, 0.15) is 24.0 Å². The highest BCUT2D eigenvalue weighted by molar-refractivity contribution is 7.80. The molecular formula is C14H20N2O2S. The van der Waals surface area contributed by atoms with Gasteiger partial charge in [0.15, 0.2) is 0 Å². The zero-order valence-corrected chi connectivity index (χ0v) is 11.9. The summed E-state index contributed by atoms with van der Waals surface area (Å²) in [6, 6.07) is 5.93. The molecule has 4 nitrogen and oxygen atoms in total. The summed E-state index contributed by atoms with van der Waals surface area (Å²) in [5, 5.41) is 9.50. The van der Waals surface area contributed by atoms with Gasteiger partial charge in [0.1, 0.15) is 10.7 Å². The smallest absolute Gasteiger partial charge is 0.129 e. The second kappa shape index (κ2) is 6.32. The third kappa shape index (κ3) is 3.65. The number of nitrogens with two attached hydrogens (primary N) is 1. The first-order valence-electron chi connectivity index (χ1n) is 6.47. The van der Waals surface area contributed by atoms with Gasteiger partial charge in [-0.25, -0.2) is 0 Å². The summed E-state index contributed by atoms with van der Waals surface area (Å²) in [5.74, 6) is 0.724. The summed E-state index contributed by atoms with van der Waals surface area (Å²) in [6.45, 7) is 2.72. The molecule has 0 aliphatic carbocycles. The van der Waals surface area contributed by atoms with E-state index in [1.807, 2.05) is 18.2 Å². The molecule has 1 heterocycles. The molecule has 3 N–H and O–H groups in total. The molecule has 0 aromatic heterocycles. The van der Waals surface area contributed by atoms with Crippen LogP contribution >= 0.6 is 12.2 Å². The lowest BCUT2D eigenvalue weighted by molar-refractivity contribution is 0.0792. The lowest BCUT2D eigenvalue weighted by Crippen LogP contribution is -2.35. The molecule has 19 heavy (non-hydrogen) atoms. The van der Waals surface area contributed by atoms with Crippen LogP contribution in [0.25, 0.3) is 0 Å². The van der Waals surface area contributed by atoms with Gasteiger partial charge < -0.3 is 15.6 Å². The summed E-state index contributed by atoms with van der Waals surface area (Å²) in [5.41, 5.74) is 7.60. The Morgan fingerprint density at radius 1 is 1.47 bits per heavy atom. The molecule has 0 unspecified atom stereocenters. The van der Waals surface area contributed by atoms with Crippen molar-refractivity contribution in [3.8, 4) is 5.75 Å². The lowest BCUT2D eigenvalue weighted by atomic mass is 10.1. The number of aliphatic hydroxyl groups is 1. The fourth-order valence-electron chi connectivity index (χ4n) is 2.37.